The topological polar surface area (TPSA) is 134 Å². The van der Waals surface area contributed by atoms with Crippen LogP contribution in [0, 0.1) is 12.7 Å². The molecule has 0 spiro atoms. The molecular formula is C33H41FN6O5. The van der Waals surface area contributed by atoms with Gasteiger partial charge in [0.1, 0.15) is 17.1 Å². The second-order valence-corrected chi connectivity index (χ2v) is 11.8. The number of pyridine rings is 1. The van der Waals surface area contributed by atoms with Crippen LogP contribution >= 0.6 is 0 Å². The van der Waals surface area contributed by atoms with Crippen LogP contribution in [0.1, 0.15) is 61.3 Å². The van der Waals surface area contributed by atoms with Crippen LogP contribution in [0.25, 0.3) is 0 Å². The van der Waals surface area contributed by atoms with Gasteiger partial charge >= 0.3 is 12.1 Å². The summed E-state index contributed by atoms with van der Waals surface area (Å²) in [5.74, 6) is -0.818. The van der Waals surface area contributed by atoms with Crippen LogP contribution in [0.4, 0.5) is 31.0 Å². The van der Waals surface area contributed by atoms with E-state index in [9.17, 15) is 18.8 Å². The van der Waals surface area contributed by atoms with Crippen molar-refractivity contribution in [3.8, 4) is 0 Å². The lowest BCUT2D eigenvalue weighted by molar-refractivity contribution is 0.0369. The number of hydrogen-bond acceptors (Lipinski definition) is 7. The number of carbonyl (C=O) groups excluding carboxylic acids is 3. The first kappa shape index (κ1) is 33.3. The lowest BCUT2D eigenvalue weighted by atomic mass is 10.0. The molecule has 1 atom stereocenters. The Morgan fingerprint density at radius 1 is 1.00 bits per heavy atom. The molecule has 1 unspecified atom stereocenters. The van der Waals surface area contributed by atoms with Crippen molar-refractivity contribution in [2.75, 3.05) is 48.8 Å². The van der Waals surface area contributed by atoms with Crippen molar-refractivity contribution in [1.29, 1.82) is 0 Å². The molecule has 2 heterocycles. The minimum atomic E-state index is -0.677. The van der Waals surface area contributed by atoms with Gasteiger partial charge in [0.05, 0.1) is 30.6 Å². The fourth-order valence-corrected chi connectivity index (χ4v) is 4.76. The number of aryl methyl sites for hydroxylation is 1. The minimum Gasteiger partial charge on any atom is -0.444 e. The Morgan fingerprint density at radius 2 is 1.71 bits per heavy atom. The zero-order valence-corrected chi connectivity index (χ0v) is 26.1. The Bertz CT molecular complexity index is 1470. The quantitative estimate of drug-likeness (QED) is 0.215. The molecule has 1 fully saturated rings. The molecule has 4 rings (SSSR count). The largest absolute Gasteiger partial charge is 0.444 e. The lowest BCUT2D eigenvalue weighted by Gasteiger charge is -2.27. The van der Waals surface area contributed by atoms with Gasteiger partial charge in [-0.2, -0.15) is 0 Å². The molecule has 12 heteroatoms. The maximum atomic E-state index is 13.7. The number of nitrogens with one attached hydrogen (secondary N) is 4. The molecule has 1 aromatic heterocycles. The van der Waals surface area contributed by atoms with Crippen molar-refractivity contribution < 1.29 is 28.2 Å². The van der Waals surface area contributed by atoms with Crippen molar-refractivity contribution in [3.05, 3.63) is 83.4 Å². The fraction of sp³-hybridized carbons (Fsp3) is 0.394. The summed E-state index contributed by atoms with van der Waals surface area (Å²) >= 11 is 0. The molecule has 1 aliphatic heterocycles. The summed E-state index contributed by atoms with van der Waals surface area (Å²) in [4.78, 5) is 45.1. The monoisotopic (exact) mass is 620 g/mol. The first-order chi connectivity index (χ1) is 21.5. The summed E-state index contributed by atoms with van der Waals surface area (Å²) in [5, 5.41) is 11.2. The number of para-hydroxylation sites is 2. The van der Waals surface area contributed by atoms with E-state index in [0.29, 0.717) is 42.3 Å². The average molecular weight is 621 g/mol. The molecule has 1 aliphatic rings. The van der Waals surface area contributed by atoms with Crippen LogP contribution in [0.2, 0.25) is 0 Å². The van der Waals surface area contributed by atoms with Crippen LogP contribution in [-0.2, 0) is 9.47 Å². The molecule has 240 valence electrons. The molecule has 0 aliphatic carbocycles. The van der Waals surface area contributed by atoms with Gasteiger partial charge in [-0.3, -0.25) is 20.0 Å². The number of halogens is 1. The molecule has 2 aromatic carbocycles. The maximum Gasteiger partial charge on any atom is 0.412 e. The highest BCUT2D eigenvalue weighted by Gasteiger charge is 2.20. The minimum absolute atomic E-state index is 0.157. The van der Waals surface area contributed by atoms with E-state index in [1.54, 1.807) is 76.4 Å². The van der Waals surface area contributed by atoms with Crippen LogP contribution in [0.15, 0.2) is 60.8 Å². The standard InChI is InChI=1S/C33H41FN6O5/c1-22-20-24(12-13-25(22)34)36-31(42)38-26(10-7-15-40-16-18-44-19-17-40)23-11-14-29(35-21-23)30(41)37-27-8-5-6-9-28(27)39-32(43)45-33(2,3)4/h5-6,8-9,11-14,20-21,26H,7,10,15-19H2,1-4H3,(H,37,41)(H,39,43)(H2,36,38,42). The number of hydrogen-bond donors (Lipinski definition) is 4. The number of anilines is 3. The van der Waals surface area contributed by atoms with Crippen molar-refractivity contribution in [2.24, 2.45) is 0 Å². The van der Waals surface area contributed by atoms with Gasteiger partial charge in [-0.05, 0) is 94.6 Å². The van der Waals surface area contributed by atoms with Gasteiger partial charge in [0.15, 0.2) is 0 Å². The van der Waals surface area contributed by atoms with Gasteiger partial charge in [0.25, 0.3) is 5.91 Å². The number of nitrogens with zero attached hydrogens (tertiary/aromatic N) is 2. The van der Waals surface area contributed by atoms with E-state index in [1.807, 2.05) is 0 Å². The van der Waals surface area contributed by atoms with Gasteiger partial charge in [-0.1, -0.05) is 18.2 Å². The third-order valence-corrected chi connectivity index (χ3v) is 7.02. The van der Waals surface area contributed by atoms with E-state index < -0.39 is 29.7 Å². The van der Waals surface area contributed by atoms with Gasteiger partial charge in [0.2, 0.25) is 0 Å². The number of urea groups is 1. The molecule has 4 N–H and O–H groups in total. The molecule has 1 saturated heterocycles. The molecule has 3 aromatic rings. The van der Waals surface area contributed by atoms with E-state index in [0.717, 1.165) is 31.6 Å². The van der Waals surface area contributed by atoms with E-state index in [1.165, 1.54) is 12.1 Å². The summed E-state index contributed by atoms with van der Waals surface area (Å²) in [6.07, 6.45) is 2.37. The summed E-state index contributed by atoms with van der Waals surface area (Å²) < 4.78 is 24.5. The molecule has 45 heavy (non-hydrogen) atoms. The number of carbonyl (C=O) groups is 3. The zero-order valence-electron chi connectivity index (χ0n) is 26.1. The normalized spacial score (nSPS) is 14.2. The fourth-order valence-electron chi connectivity index (χ4n) is 4.76. The molecule has 0 bridgehead atoms. The molecule has 0 radical (unpaired) electrons. The van der Waals surface area contributed by atoms with Gasteiger partial charge in [-0.25, -0.2) is 14.0 Å². The number of ether oxygens (including phenoxy) is 2. The maximum absolute atomic E-state index is 13.7. The van der Waals surface area contributed by atoms with Gasteiger partial charge < -0.3 is 25.4 Å². The average Bonchev–Trinajstić information content (AvgIpc) is 2.99. The molecule has 11 nitrogen and oxygen atoms in total. The second-order valence-electron chi connectivity index (χ2n) is 11.8. The van der Waals surface area contributed by atoms with Crippen LogP contribution in [0.3, 0.4) is 0 Å². The van der Waals surface area contributed by atoms with Crippen molar-refractivity contribution in [2.45, 2.75) is 52.2 Å². The number of amides is 4. The zero-order chi connectivity index (χ0) is 32.4. The van der Waals surface area contributed by atoms with Crippen molar-refractivity contribution >= 4 is 35.1 Å². The van der Waals surface area contributed by atoms with E-state index >= 15 is 0 Å². The third kappa shape index (κ3) is 10.5. The van der Waals surface area contributed by atoms with Crippen LogP contribution in [0.5, 0.6) is 0 Å². The number of benzene rings is 2. The summed E-state index contributed by atoms with van der Waals surface area (Å²) in [6.45, 7) is 10.9. The number of aromatic nitrogens is 1. The van der Waals surface area contributed by atoms with E-state index in [-0.39, 0.29) is 11.5 Å². The first-order valence-electron chi connectivity index (χ1n) is 15.0. The second kappa shape index (κ2) is 15.4. The molecule has 4 amide bonds. The van der Waals surface area contributed by atoms with Crippen LogP contribution < -0.4 is 21.3 Å². The van der Waals surface area contributed by atoms with Crippen molar-refractivity contribution in [1.82, 2.24) is 15.2 Å². The van der Waals surface area contributed by atoms with E-state index in [2.05, 4.69) is 31.2 Å². The highest BCUT2D eigenvalue weighted by atomic mass is 19.1. The Labute approximate surface area is 262 Å². The smallest absolute Gasteiger partial charge is 0.412 e. The van der Waals surface area contributed by atoms with E-state index in [4.69, 9.17) is 9.47 Å². The summed E-state index contributed by atoms with van der Waals surface area (Å²) in [7, 11) is 0. The predicted molar refractivity (Wildman–Crippen MR) is 171 cm³/mol. The van der Waals surface area contributed by atoms with Crippen LogP contribution in [-0.4, -0.2) is 66.4 Å². The van der Waals surface area contributed by atoms with Crippen molar-refractivity contribution in [3.63, 3.8) is 0 Å². The highest BCUT2D eigenvalue weighted by Crippen LogP contribution is 2.24. The first-order valence-corrected chi connectivity index (χ1v) is 15.0. The molecule has 0 saturated carbocycles. The Balaban J connectivity index is 1.43. The Hall–Kier alpha value is -4.55. The highest BCUT2D eigenvalue weighted by molar-refractivity contribution is 6.05. The summed E-state index contributed by atoms with van der Waals surface area (Å²) in [5.41, 5.74) is 1.87. The number of morpholine rings is 1. The number of rotatable bonds is 10. The van der Waals surface area contributed by atoms with Gasteiger partial charge in [0, 0.05) is 25.0 Å². The predicted octanol–water partition coefficient (Wildman–Crippen LogP) is 6.10. The van der Waals surface area contributed by atoms with Gasteiger partial charge in [-0.15, -0.1) is 0 Å². The lowest BCUT2D eigenvalue weighted by Crippen LogP contribution is -2.37. The third-order valence-electron chi connectivity index (χ3n) is 7.02. The molecular weight excluding hydrogens is 579 g/mol. The Kier molecular flexibility index (Phi) is 11.4. The summed E-state index contributed by atoms with van der Waals surface area (Å²) in [6, 6.07) is 13.7. The SMILES string of the molecule is Cc1cc(NC(=O)NC(CCCN2CCOCC2)c2ccc(C(=O)Nc3ccccc3NC(=O)OC(C)(C)C)nc2)ccc1F. The Morgan fingerprint density at radius 3 is 2.36 bits per heavy atom.